The molecule has 22 heavy (non-hydrogen) atoms. The van der Waals surface area contributed by atoms with Crippen molar-refractivity contribution in [2.75, 3.05) is 0 Å². The largest absolute Gasteiger partial charge is 0.217 e. The van der Waals surface area contributed by atoms with Crippen LogP contribution >= 0.6 is 0 Å². The minimum absolute atomic E-state index is 0.402. The number of rotatable bonds is 7. The van der Waals surface area contributed by atoms with E-state index in [2.05, 4.69) is 37.0 Å². The van der Waals surface area contributed by atoms with Gasteiger partial charge in [-0.25, -0.2) is 13.1 Å². The molecule has 0 aromatic carbocycles. The Balaban J connectivity index is 3.16. The van der Waals surface area contributed by atoms with Gasteiger partial charge in [0.1, 0.15) is 0 Å². The Morgan fingerprint density at radius 1 is 1.36 bits per heavy atom. The molecule has 0 spiro atoms. The predicted octanol–water partition coefficient (Wildman–Crippen LogP) is 4.47. The average Bonchev–Trinajstić information content (AvgIpc) is 2.65. The average molecular weight is 344 g/mol. The van der Waals surface area contributed by atoms with Crippen LogP contribution in [0, 0.1) is 0 Å². The Morgan fingerprint density at radius 3 is 2.41 bits per heavy atom. The molecule has 3 nitrogen and oxygen atoms in total. The Bertz CT molecular complexity index is 538. The summed E-state index contributed by atoms with van der Waals surface area (Å²) in [6, 6.07) is 1.05. The van der Waals surface area contributed by atoms with Crippen LogP contribution in [0.3, 0.4) is 0 Å². The van der Waals surface area contributed by atoms with Crippen LogP contribution in [-0.2, 0) is 10.0 Å². The molecule has 5 heteroatoms. The molecule has 0 amide bonds. The topological polar surface area (TPSA) is 46.2 Å². The van der Waals surface area contributed by atoms with Gasteiger partial charge in [0.2, 0.25) is 10.0 Å². The monoisotopic (exact) mass is 343 g/mol. The van der Waals surface area contributed by atoms with Crippen LogP contribution in [0.4, 0.5) is 0 Å². The molecule has 0 bridgehead atoms. The molecule has 0 saturated heterocycles. The van der Waals surface area contributed by atoms with Gasteiger partial charge >= 0.3 is 0 Å². The summed E-state index contributed by atoms with van der Waals surface area (Å²) in [5.74, 6) is 0. The first-order valence-electron chi connectivity index (χ1n) is 8.17. The van der Waals surface area contributed by atoms with Crippen LogP contribution in [0.2, 0.25) is 25.7 Å². The van der Waals surface area contributed by atoms with E-state index < -0.39 is 28.4 Å². The number of allylic oxidation sites excluding steroid dienone is 2. The fraction of sp³-hybridized carbons (Fsp3) is 0.765. The second-order valence-electron chi connectivity index (χ2n) is 8.63. The van der Waals surface area contributed by atoms with Gasteiger partial charge < -0.3 is 0 Å². The maximum Gasteiger partial charge on any atom is 0.217 e. The maximum atomic E-state index is 12.7. The van der Waals surface area contributed by atoms with Gasteiger partial charge in [-0.3, -0.25) is 0 Å². The lowest BCUT2D eigenvalue weighted by molar-refractivity contribution is 0.401. The van der Waals surface area contributed by atoms with Gasteiger partial charge in [-0.2, -0.15) is 0 Å². The Hall–Kier alpha value is -0.393. The molecule has 1 aliphatic rings. The Labute approximate surface area is 138 Å². The zero-order valence-corrected chi connectivity index (χ0v) is 16.9. The van der Waals surface area contributed by atoms with Crippen molar-refractivity contribution in [1.29, 1.82) is 0 Å². The van der Waals surface area contributed by atoms with E-state index in [4.69, 9.17) is 0 Å². The minimum atomic E-state index is -3.37. The summed E-state index contributed by atoms with van der Waals surface area (Å²) in [6.07, 6.45) is 7.63. The van der Waals surface area contributed by atoms with E-state index >= 15 is 0 Å². The van der Waals surface area contributed by atoms with E-state index in [1.54, 1.807) is 20.8 Å². The molecule has 1 atom stereocenters. The lowest BCUT2D eigenvalue weighted by Crippen LogP contribution is -2.54. The fourth-order valence-electron chi connectivity index (χ4n) is 2.87. The van der Waals surface area contributed by atoms with Gasteiger partial charge in [0, 0.05) is 8.07 Å². The first kappa shape index (κ1) is 19.7. The predicted molar refractivity (Wildman–Crippen MR) is 99.4 cm³/mol. The van der Waals surface area contributed by atoms with Crippen LogP contribution in [0.5, 0.6) is 0 Å². The highest BCUT2D eigenvalue weighted by Gasteiger charge is 2.44. The van der Waals surface area contributed by atoms with Gasteiger partial charge in [0.25, 0.3) is 0 Å². The van der Waals surface area contributed by atoms with Crippen LogP contribution in [0.15, 0.2) is 24.3 Å². The molecule has 1 N–H and O–H groups in total. The van der Waals surface area contributed by atoms with Gasteiger partial charge in [-0.1, -0.05) is 37.4 Å². The standard InChI is InChI=1S/C17H33NO2SSi/c1-8-9-12-17(18-21(19,20)16(2,3)4)13-10-11-15(17)14-22(5,6)7/h8,11,18H,1,9-10,12-14H2,2-7H3. The summed E-state index contributed by atoms with van der Waals surface area (Å²) in [5.41, 5.74) is 0.905. The Morgan fingerprint density at radius 2 is 1.95 bits per heavy atom. The van der Waals surface area contributed by atoms with Crippen molar-refractivity contribution >= 4 is 18.1 Å². The van der Waals surface area contributed by atoms with Crippen molar-refractivity contribution in [3.05, 3.63) is 24.3 Å². The maximum absolute atomic E-state index is 12.7. The molecule has 0 aromatic rings. The van der Waals surface area contributed by atoms with E-state index in [1.807, 2.05) is 6.08 Å². The number of nitrogens with one attached hydrogen (secondary N) is 1. The third-order valence-corrected chi connectivity index (χ3v) is 7.92. The SMILES string of the molecule is C=CCCC1(NS(=O)(=O)C(C)(C)C)CCC=C1C[Si](C)(C)C. The van der Waals surface area contributed by atoms with Crippen molar-refractivity contribution in [2.45, 2.75) is 82.4 Å². The highest BCUT2D eigenvalue weighted by molar-refractivity contribution is 7.90. The lowest BCUT2D eigenvalue weighted by Gasteiger charge is -2.38. The molecule has 1 unspecified atom stereocenters. The van der Waals surface area contributed by atoms with Crippen molar-refractivity contribution < 1.29 is 8.42 Å². The summed E-state index contributed by atoms with van der Waals surface area (Å²) in [4.78, 5) is 0. The van der Waals surface area contributed by atoms with Crippen molar-refractivity contribution in [1.82, 2.24) is 4.72 Å². The molecule has 0 radical (unpaired) electrons. The van der Waals surface area contributed by atoms with E-state index in [0.29, 0.717) is 0 Å². The van der Waals surface area contributed by atoms with Crippen LogP contribution < -0.4 is 4.72 Å². The number of sulfonamides is 1. The van der Waals surface area contributed by atoms with E-state index in [0.717, 1.165) is 31.7 Å². The third-order valence-electron chi connectivity index (χ3n) is 4.21. The van der Waals surface area contributed by atoms with Crippen molar-refractivity contribution in [3.8, 4) is 0 Å². The fourth-order valence-corrected chi connectivity index (χ4v) is 5.65. The first-order valence-corrected chi connectivity index (χ1v) is 13.4. The smallest absolute Gasteiger partial charge is 0.212 e. The molecule has 1 rings (SSSR count). The van der Waals surface area contributed by atoms with Crippen LogP contribution in [0.1, 0.15) is 46.5 Å². The molecule has 0 heterocycles. The van der Waals surface area contributed by atoms with Gasteiger partial charge in [0.05, 0.1) is 10.3 Å². The van der Waals surface area contributed by atoms with Gasteiger partial charge in [-0.05, 0) is 52.5 Å². The highest BCUT2D eigenvalue weighted by atomic mass is 32.2. The first-order chi connectivity index (χ1) is 9.83. The molecule has 0 saturated carbocycles. The molecular weight excluding hydrogens is 310 g/mol. The molecule has 0 fully saturated rings. The minimum Gasteiger partial charge on any atom is -0.212 e. The summed E-state index contributed by atoms with van der Waals surface area (Å²) in [6.45, 7) is 16.1. The summed E-state index contributed by atoms with van der Waals surface area (Å²) >= 11 is 0. The van der Waals surface area contributed by atoms with Crippen LogP contribution in [-0.4, -0.2) is 26.8 Å². The Kier molecular flexibility index (Phi) is 5.91. The molecule has 128 valence electrons. The zero-order valence-electron chi connectivity index (χ0n) is 15.1. The van der Waals surface area contributed by atoms with Crippen molar-refractivity contribution in [2.24, 2.45) is 0 Å². The molecule has 0 aliphatic heterocycles. The second kappa shape index (κ2) is 6.61. The lowest BCUT2D eigenvalue weighted by atomic mass is 9.88. The zero-order chi connectivity index (χ0) is 17.2. The summed E-state index contributed by atoms with van der Waals surface area (Å²) in [5, 5.41) is 0. The van der Waals surface area contributed by atoms with Gasteiger partial charge in [0.15, 0.2) is 0 Å². The van der Waals surface area contributed by atoms with E-state index in [-0.39, 0.29) is 0 Å². The molecule has 1 aliphatic carbocycles. The molecule has 0 aromatic heterocycles. The van der Waals surface area contributed by atoms with Crippen LogP contribution in [0.25, 0.3) is 0 Å². The third kappa shape index (κ3) is 4.80. The number of hydrogen-bond acceptors (Lipinski definition) is 2. The van der Waals surface area contributed by atoms with Crippen molar-refractivity contribution in [3.63, 3.8) is 0 Å². The second-order valence-corrected chi connectivity index (χ2v) is 16.5. The van der Waals surface area contributed by atoms with Gasteiger partial charge in [-0.15, -0.1) is 6.58 Å². The van der Waals surface area contributed by atoms with E-state index in [9.17, 15) is 8.42 Å². The van der Waals surface area contributed by atoms with E-state index in [1.165, 1.54) is 5.57 Å². The summed E-state index contributed by atoms with van der Waals surface area (Å²) < 4.78 is 27.8. The number of hydrogen-bond donors (Lipinski definition) is 1. The molecular formula is C17H33NO2SSi. The normalized spacial score (nSPS) is 23.5. The quantitative estimate of drug-likeness (QED) is 0.547. The summed E-state index contributed by atoms with van der Waals surface area (Å²) in [7, 11) is -4.67. The highest BCUT2D eigenvalue weighted by Crippen LogP contribution is 2.40.